The second kappa shape index (κ2) is 6.01. The standard InChI is InChI=1S/C17H14ClFN2O2/c1-10-3-6-15-13(7-10)17(20-9-16(22)21(15)18)12-8-11(23-2)4-5-14(12)19/h3-8H,9H2,1-2H3. The summed E-state index contributed by atoms with van der Waals surface area (Å²) in [6, 6.07) is 9.82. The molecule has 2 aromatic carbocycles. The molecule has 0 unspecified atom stereocenters. The lowest BCUT2D eigenvalue weighted by atomic mass is 9.98. The molecule has 6 heteroatoms. The van der Waals surface area contributed by atoms with Gasteiger partial charge in [-0.3, -0.25) is 9.79 Å². The van der Waals surface area contributed by atoms with Crippen molar-refractivity contribution in [2.45, 2.75) is 6.92 Å². The second-order valence-corrected chi connectivity index (χ2v) is 5.54. The summed E-state index contributed by atoms with van der Waals surface area (Å²) in [4.78, 5) is 16.3. The Morgan fingerprint density at radius 1 is 1.22 bits per heavy atom. The van der Waals surface area contributed by atoms with Gasteiger partial charge in [-0.1, -0.05) is 11.6 Å². The number of carbonyl (C=O) groups is 1. The van der Waals surface area contributed by atoms with E-state index in [2.05, 4.69) is 4.99 Å². The van der Waals surface area contributed by atoms with Crippen LogP contribution < -0.4 is 9.16 Å². The molecular formula is C17H14ClFN2O2. The van der Waals surface area contributed by atoms with Crippen LogP contribution in [0.15, 0.2) is 41.4 Å². The number of nitrogens with zero attached hydrogens (tertiary/aromatic N) is 2. The van der Waals surface area contributed by atoms with E-state index in [0.29, 0.717) is 22.7 Å². The normalized spacial score (nSPS) is 14.2. The van der Waals surface area contributed by atoms with E-state index in [4.69, 9.17) is 16.5 Å². The molecule has 1 heterocycles. The van der Waals surface area contributed by atoms with Gasteiger partial charge >= 0.3 is 0 Å². The summed E-state index contributed by atoms with van der Waals surface area (Å²) < 4.78 is 20.5. The lowest BCUT2D eigenvalue weighted by Crippen LogP contribution is -2.22. The molecular weight excluding hydrogens is 319 g/mol. The molecule has 0 N–H and O–H groups in total. The average Bonchev–Trinajstić information content (AvgIpc) is 2.66. The van der Waals surface area contributed by atoms with Crippen molar-refractivity contribution in [3.63, 3.8) is 0 Å². The fraction of sp³-hybridized carbons (Fsp3) is 0.176. The van der Waals surface area contributed by atoms with E-state index in [1.165, 1.54) is 19.2 Å². The summed E-state index contributed by atoms with van der Waals surface area (Å²) in [5.74, 6) is -0.292. The van der Waals surface area contributed by atoms with Crippen LogP contribution in [0, 0.1) is 12.7 Å². The monoisotopic (exact) mass is 332 g/mol. The summed E-state index contributed by atoms with van der Waals surface area (Å²) in [5, 5.41) is 0. The first kappa shape index (κ1) is 15.5. The zero-order chi connectivity index (χ0) is 16.6. The summed E-state index contributed by atoms with van der Waals surface area (Å²) >= 11 is 6.10. The van der Waals surface area contributed by atoms with Crippen molar-refractivity contribution in [2.75, 3.05) is 18.1 Å². The predicted octanol–water partition coefficient (Wildman–Crippen LogP) is 3.48. The number of aryl methyl sites for hydroxylation is 1. The number of methoxy groups -OCH3 is 1. The minimum absolute atomic E-state index is 0.150. The molecule has 0 aromatic heterocycles. The van der Waals surface area contributed by atoms with E-state index >= 15 is 0 Å². The minimum atomic E-state index is -0.438. The van der Waals surface area contributed by atoms with Crippen molar-refractivity contribution < 1.29 is 13.9 Å². The van der Waals surface area contributed by atoms with E-state index in [1.54, 1.807) is 12.1 Å². The SMILES string of the molecule is COc1ccc(F)c(C2=NCC(=O)N(Cl)c3ccc(C)cc32)c1. The highest BCUT2D eigenvalue weighted by Gasteiger charge is 2.25. The smallest absolute Gasteiger partial charge is 0.263 e. The van der Waals surface area contributed by atoms with Gasteiger partial charge in [0.15, 0.2) is 0 Å². The zero-order valence-electron chi connectivity index (χ0n) is 12.6. The third-order valence-corrected chi connectivity index (χ3v) is 4.01. The number of halogens is 2. The Balaban J connectivity index is 2.25. The number of ether oxygens (including phenoxy) is 1. The van der Waals surface area contributed by atoms with Gasteiger partial charge < -0.3 is 4.74 Å². The Morgan fingerprint density at radius 2 is 2.00 bits per heavy atom. The molecule has 0 fully saturated rings. The highest BCUT2D eigenvalue weighted by Crippen LogP contribution is 2.30. The highest BCUT2D eigenvalue weighted by molar-refractivity contribution is 6.39. The number of benzodiazepines with no additional fused rings is 1. The molecule has 0 spiro atoms. The third-order valence-electron chi connectivity index (χ3n) is 3.64. The summed E-state index contributed by atoms with van der Waals surface area (Å²) in [7, 11) is 1.51. The first-order chi connectivity index (χ1) is 11.0. The number of anilines is 1. The Bertz CT molecular complexity index is 820. The summed E-state index contributed by atoms with van der Waals surface area (Å²) in [6.07, 6.45) is 0. The molecule has 0 aliphatic carbocycles. The number of hydrogen-bond donors (Lipinski definition) is 0. The van der Waals surface area contributed by atoms with Gasteiger partial charge in [0.25, 0.3) is 5.91 Å². The van der Waals surface area contributed by atoms with E-state index in [-0.39, 0.29) is 18.0 Å². The molecule has 3 rings (SSSR count). The maximum Gasteiger partial charge on any atom is 0.263 e. The second-order valence-electron chi connectivity index (χ2n) is 5.21. The maximum absolute atomic E-state index is 14.3. The van der Waals surface area contributed by atoms with Gasteiger partial charge in [0.2, 0.25) is 0 Å². The van der Waals surface area contributed by atoms with Gasteiger partial charge in [0.1, 0.15) is 18.1 Å². The molecule has 4 nitrogen and oxygen atoms in total. The van der Waals surface area contributed by atoms with Crippen molar-refractivity contribution in [1.82, 2.24) is 0 Å². The van der Waals surface area contributed by atoms with E-state index in [9.17, 15) is 9.18 Å². The molecule has 1 aliphatic heterocycles. The third kappa shape index (κ3) is 2.80. The molecule has 1 amide bonds. The number of fused-ring (bicyclic) bond motifs is 1. The fourth-order valence-corrected chi connectivity index (χ4v) is 2.68. The fourth-order valence-electron chi connectivity index (χ4n) is 2.48. The van der Waals surface area contributed by atoms with Crippen LogP contribution in [-0.2, 0) is 4.79 Å². The Kier molecular flexibility index (Phi) is 4.05. The van der Waals surface area contributed by atoms with Crippen LogP contribution in [0.5, 0.6) is 5.75 Å². The number of amides is 1. The van der Waals surface area contributed by atoms with Gasteiger partial charge in [-0.2, -0.15) is 0 Å². The van der Waals surface area contributed by atoms with Crippen LogP contribution in [0.2, 0.25) is 0 Å². The number of aliphatic imine (C=N–C) groups is 1. The largest absolute Gasteiger partial charge is 0.497 e. The number of benzene rings is 2. The number of rotatable bonds is 2. The van der Waals surface area contributed by atoms with Crippen LogP contribution >= 0.6 is 11.8 Å². The topological polar surface area (TPSA) is 41.9 Å². The Labute approximate surface area is 138 Å². The van der Waals surface area contributed by atoms with Gasteiger partial charge in [0, 0.05) is 22.9 Å². The minimum Gasteiger partial charge on any atom is -0.497 e. The first-order valence-electron chi connectivity index (χ1n) is 6.99. The van der Waals surface area contributed by atoms with Crippen LogP contribution in [0.25, 0.3) is 0 Å². The molecule has 0 saturated heterocycles. The first-order valence-corrected chi connectivity index (χ1v) is 7.33. The van der Waals surface area contributed by atoms with Crippen molar-refractivity contribution in [3.8, 4) is 5.75 Å². The quantitative estimate of drug-likeness (QED) is 0.790. The van der Waals surface area contributed by atoms with E-state index in [1.807, 2.05) is 19.1 Å². The molecule has 2 aromatic rings. The van der Waals surface area contributed by atoms with Crippen molar-refractivity contribution in [2.24, 2.45) is 4.99 Å². The van der Waals surface area contributed by atoms with Crippen LogP contribution in [0.4, 0.5) is 10.1 Å². The van der Waals surface area contributed by atoms with Gasteiger partial charge in [-0.05, 0) is 37.3 Å². The van der Waals surface area contributed by atoms with Crippen LogP contribution in [0.3, 0.4) is 0 Å². The van der Waals surface area contributed by atoms with E-state index in [0.717, 1.165) is 9.98 Å². The lowest BCUT2D eigenvalue weighted by molar-refractivity contribution is -0.116. The van der Waals surface area contributed by atoms with Crippen molar-refractivity contribution >= 4 is 29.1 Å². The number of hydrogen-bond acceptors (Lipinski definition) is 3. The Morgan fingerprint density at radius 3 is 2.74 bits per heavy atom. The molecule has 1 aliphatic rings. The maximum atomic E-state index is 14.3. The Hall–Kier alpha value is -2.40. The predicted molar refractivity (Wildman–Crippen MR) is 88.0 cm³/mol. The van der Waals surface area contributed by atoms with E-state index < -0.39 is 5.82 Å². The van der Waals surface area contributed by atoms with Gasteiger partial charge in [-0.15, -0.1) is 0 Å². The summed E-state index contributed by atoms with van der Waals surface area (Å²) in [6.45, 7) is 1.76. The molecule has 118 valence electrons. The van der Waals surface area contributed by atoms with Gasteiger partial charge in [-0.25, -0.2) is 8.81 Å². The molecule has 0 radical (unpaired) electrons. The molecule has 0 atom stereocenters. The van der Waals surface area contributed by atoms with Crippen LogP contribution in [-0.4, -0.2) is 25.3 Å². The van der Waals surface area contributed by atoms with Crippen molar-refractivity contribution in [1.29, 1.82) is 0 Å². The summed E-state index contributed by atoms with van der Waals surface area (Å²) in [5.41, 5.74) is 2.71. The molecule has 0 saturated carbocycles. The zero-order valence-corrected chi connectivity index (χ0v) is 13.4. The lowest BCUT2D eigenvalue weighted by Gasteiger charge is -2.16. The highest BCUT2D eigenvalue weighted by atomic mass is 35.5. The molecule has 0 bridgehead atoms. The van der Waals surface area contributed by atoms with Crippen LogP contribution in [0.1, 0.15) is 16.7 Å². The number of carbonyl (C=O) groups excluding carboxylic acids is 1. The average molecular weight is 333 g/mol. The van der Waals surface area contributed by atoms with Crippen molar-refractivity contribution in [3.05, 3.63) is 58.9 Å². The van der Waals surface area contributed by atoms with Gasteiger partial charge in [0.05, 0.1) is 18.5 Å². The molecule has 23 heavy (non-hydrogen) atoms.